The first-order valence-corrected chi connectivity index (χ1v) is 14.1. The molecule has 4 atom stereocenters. The lowest BCUT2D eigenvalue weighted by Gasteiger charge is -2.39. The second-order valence-corrected chi connectivity index (χ2v) is 11.0. The predicted octanol–water partition coefficient (Wildman–Crippen LogP) is 4.39. The molecule has 1 aliphatic carbocycles. The van der Waals surface area contributed by atoms with Crippen molar-refractivity contribution in [2.24, 2.45) is 0 Å². The summed E-state index contributed by atoms with van der Waals surface area (Å²) in [5.74, 6) is 3.01. The molecule has 0 aromatic heterocycles. The zero-order chi connectivity index (χ0) is 25.4. The van der Waals surface area contributed by atoms with Gasteiger partial charge in [-0.3, -0.25) is 0 Å². The van der Waals surface area contributed by atoms with Gasteiger partial charge in [0, 0.05) is 11.8 Å². The molecule has 1 saturated carbocycles. The van der Waals surface area contributed by atoms with E-state index in [1.807, 2.05) is 6.07 Å². The van der Waals surface area contributed by atoms with Crippen LogP contribution in [0, 0.1) is 0 Å². The summed E-state index contributed by atoms with van der Waals surface area (Å²) in [6, 6.07) is 12.9. The summed E-state index contributed by atoms with van der Waals surface area (Å²) in [7, 11) is 0. The maximum Gasteiger partial charge on any atom is 0.202 e. The first kappa shape index (κ1) is 24.5. The van der Waals surface area contributed by atoms with Crippen LogP contribution in [0.15, 0.2) is 36.4 Å². The molecular weight excluding hydrogens is 488 g/mol. The fourth-order valence-corrected chi connectivity index (χ4v) is 5.44. The molecule has 8 heteroatoms. The summed E-state index contributed by atoms with van der Waals surface area (Å²) < 4.78 is 46.3. The lowest BCUT2D eigenvalue weighted by atomic mass is 9.65. The molecule has 204 valence electrons. The van der Waals surface area contributed by atoms with E-state index in [9.17, 15) is 0 Å². The maximum absolute atomic E-state index is 6.24. The maximum atomic E-state index is 6.24. The molecule has 0 N–H and O–H groups in total. The van der Waals surface area contributed by atoms with E-state index in [0.717, 1.165) is 68.7 Å². The molecule has 4 aliphatic heterocycles. The molecule has 38 heavy (non-hydrogen) atoms. The second-order valence-electron chi connectivity index (χ2n) is 11.0. The first-order valence-electron chi connectivity index (χ1n) is 14.1. The molecule has 8 nitrogen and oxygen atoms in total. The minimum absolute atomic E-state index is 0.149. The van der Waals surface area contributed by atoms with Gasteiger partial charge >= 0.3 is 0 Å². The Kier molecular flexibility index (Phi) is 6.82. The molecule has 0 radical (unpaired) electrons. The van der Waals surface area contributed by atoms with E-state index in [4.69, 9.17) is 37.9 Å². The van der Waals surface area contributed by atoms with E-state index in [1.54, 1.807) is 0 Å². The fourth-order valence-electron chi connectivity index (χ4n) is 5.44. The van der Waals surface area contributed by atoms with E-state index in [0.29, 0.717) is 19.8 Å². The number of rotatable bonds is 13. The van der Waals surface area contributed by atoms with Gasteiger partial charge in [0.05, 0.1) is 26.4 Å². The molecule has 0 amide bonds. The van der Waals surface area contributed by atoms with Gasteiger partial charge in [-0.15, -0.1) is 0 Å². The van der Waals surface area contributed by atoms with Gasteiger partial charge < -0.3 is 37.9 Å². The van der Waals surface area contributed by atoms with Crippen molar-refractivity contribution >= 4 is 0 Å². The van der Waals surface area contributed by atoms with E-state index in [1.165, 1.54) is 30.4 Å². The number of hydrogen-bond acceptors (Lipinski definition) is 8. The minimum Gasteiger partial charge on any atom is -0.487 e. The van der Waals surface area contributed by atoms with E-state index >= 15 is 0 Å². The molecule has 5 fully saturated rings. The Morgan fingerprint density at radius 1 is 0.632 bits per heavy atom. The average molecular weight is 525 g/mol. The van der Waals surface area contributed by atoms with Crippen molar-refractivity contribution in [3.8, 4) is 23.0 Å². The molecule has 4 heterocycles. The SMILES string of the molecule is c1cc(OCC2CO2)c(OCC2CO2)cc1C1(c2ccc(OC3CCO3)c(OCC3CO3)c2)CCCCC1. The fraction of sp³-hybridized carbons (Fsp3) is 0.600. The van der Waals surface area contributed by atoms with Crippen molar-refractivity contribution in [3.63, 3.8) is 0 Å². The number of ether oxygens (including phenoxy) is 8. The van der Waals surface area contributed by atoms with Crippen LogP contribution in [0.25, 0.3) is 0 Å². The molecule has 2 aromatic rings. The molecule has 4 unspecified atom stereocenters. The molecule has 5 aliphatic rings. The van der Waals surface area contributed by atoms with Crippen LogP contribution >= 0.6 is 0 Å². The van der Waals surface area contributed by atoms with Crippen LogP contribution in [0.5, 0.6) is 23.0 Å². The Balaban J connectivity index is 1.21. The minimum atomic E-state index is -0.201. The number of hydrogen-bond donors (Lipinski definition) is 0. The Hall–Kier alpha value is -2.52. The highest BCUT2D eigenvalue weighted by atomic mass is 16.7. The Morgan fingerprint density at radius 2 is 1.13 bits per heavy atom. The summed E-state index contributed by atoms with van der Waals surface area (Å²) in [5.41, 5.74) is 2.33. The van der Waals surface area contributed by atoms with Crippen LogP contribution in [0.2, 0.25) is 0 Å². The quantitative estimate of drug-likeness (QED) is 0.357. The van der Waals surface area contributed by atoms with Crippen molar-refractivity contribution in [1.82, 2.24) is 0 Å². The summed E-state index contributed by atoms with van der Waals surface area (Å²) in [6.07, 6.45) is 6.92. The van der Waals surface area contributed by atoms with Crippen molar-refractivity contribution in [1.29, 1.82) is 0 Å². The lowest BCUT2D eigenvalue weighted by molar-refractivity contribution is -0.165. The Bertz CT molecular complexity index is 1110. The largest absolute Gasteiger partial charge is 0.487 e. The smallest absolute Gasteiger partial charge is 0.202 e. The second kappa shape index (κ2) is 10.6. The summed E-state index contributed by atoms with van der Waals surface area (Å²) >= 11 is 0. The van der Waals surface area contributed by atoms with Gasteiger partial charge in [0.2, 0.25) is 6.29 Å². The first-order chi connectivity index (χ1) is 18.7. The Labute approximate surface area is 223 Å². The highest BCUT2D eigenvalue weighted by Crippen LogP contribution is 2.49. The third-order valence-corrected chi connectivity index (χ3v) is 8.10. The molecule has 7 rings (SSSR count). The van der Waals surface area contributed by atoms with Crippen LogP contribution < -0.4 is 18.9 Å². The van der Waals surface area contributed by atoms with Gasteiger partial charge in [-0.1, -0.05) is 31.4 Å². The van der Waals surface area contributed by atoms with Crippen molar-refractivity contribution < 1.29 is 37.9 Å². The monoisotopic (exact) mass is 524 g/mol. The molecular formula is C30H36O8. The third-order valence-electron chi connectivity index (χ3n) is 8.10. The van der Waals surface area contributed by atoms with E-state index < -0.39 is 0 Å². The predicted molar refractivity (Wildman–Crippen MR) is 137 cm³/mol. The van der Waals surface area contributed by atoms with Gasteiger partial charge in [-0.25, -0.2) is 0 Å². The molecule has 4 saturated heterocycles. The van der Waals surface area contributed by atoms with Gasteiger partial charge in [0.1, 0.15) is 38.1 Å². The Morgan fingerprint density at radius 3 is 1.63 bits per heavy atom. The van der Waals surface area contributed by atoms with Gasteiger partial charge in [0.15, 0.2) is 23.0 Å². The van der Waals surface area contributed by atoms with Gasteiger partial charge in [-0.05, 0) is 48.2 Å². The average Bonchev–Trinajstić information content (AvgIpc) is 3.77. The van der Waals surface area contributed by atoms with Crippen molar-refractivity contribution in [2.75, 3.05) is 46.2 Å². The van der Waals surface area contributed by atoms with Crippen LogP contribution in [0.4, 0.5) is 0 Å². The van der Waals surface area contributed by atoms with E-state index in [2.05, 4.69) is 30.3 Å². The summed E-state index contributed by atoms with van der Waals surface area (Å²) in [5, 5.41) is 0. The van der Waals surface area contributed by atoms with Gasteiger partial charge in [0.25, 0.3) is 0 Å². The van der Waals surface area contributed by atoms with Crippen LogP contribution in [-0.4, -0.2) is 70.9 Å². The lowest BCUT2D eigenvalue weighted by Crippen LogP contribution is -2.33. The summed E-state index contributed by atoms with van der Waals surface area (Å²) in [6.45, 7) is 4.60. The zero-order valence-corrected chi connectivity index (χ0v) is 21.7. The van der Waals surface area contributed by atoms with Crippen LogP contribution in [0.1, 0.15) is 49.7 Å². The molecule has 2 aromatic carbocycles. The highest BCUT2D eigenvalue weighted by molar-refractivity contribution is 5.53. The van der Waals surface area contributed by atoms with Gasteiger partial charge in [-0.2, -0.15) is 0 Å². The summed E-state index contributed by atoms with van der Waals surface area (Å²) in [4.78, 5) is 0. The normalized spacial score (nSPS) is 28.6. The van der Waals surface area contributed by atoms with Crippen molar-refractivity contribution in [3.05, 3.63) is 47.5 Å². The van der Waals surface area contributed by atoms with Crippen molar-refractivity contribution in [2.45, 2.75) is 68.5 Å². The topological polar surface area (TPSA) is 83.7 Å². The third kappa shape index (κ3) is 5.59. The molecule has 0 spiro atoms. The van der Waals surface area contributed by atoms with E-state index in [-0.39, 0.29) is 30.0 Å². The number of benzene rings is 2. The molecule has 0 bridgehead atoms. The van der Waals surface area contributed by atoms with Crippen LogP contribution in [-0.2, 0) is 24.4 Å². The zero-order valence-electron chi connectivity index (χ0n) is 21.7. The van der Waals surface area contributed by atoms with Crippen LogP contribution in [0.3, 0.4) is 0 Å². The number of epoxide rings is 3. The highest BCUT2D eigenvalue weighted by Gasteiger charge is 2.38. The standard InChI is InChI=1S/C30H36O8/c1-2-9-30(10-3-1,20-4-6-25(35-17-22-14-32-22)27(12-20)36-18-23-15-33-23)21-5-7-26(38-29-8-11-31-29)28(13-21)37-19-24-16-34-24/h4-7,12-13,22-24,29H,1-3,8-11,14-19H2.